The minimum absolute atomic E-state index is 0.0767. The summed E-state index contributed by atoms with van der Waals surface area (Å²) in [5.74, 6) is -1.24. The van der Waals surface area contributed by atoms with Crippen LogP contribution in [0.25, 0.3) is 0 Å². The summed E-state index contributed by atoms with van der Waals surface area (Å²) >= 11 is 0. The fourth-order valence-corrected chi connectivity index (χ4v) is 1.27. The molecule has 0 radical (unpaired) electrons. The molecular formula is C10H11F2NO2. The van der Waals surface area contributed by atoms with Gasteiger partial charge in [-0.25, -0.2) is 8.78 Å². The SMILES string of the molecule is CC(CC(=O)O)c1ccnc(C(F)F)c1. The second kappa shape index (κ2) is 4.82. The Morgan fingerprint density at radius 2 is 2.27 bits per heavy atom. The number of hydrogen-bond acceptors (Lipinski definition) is 2. The Bertz CT molecular complexity index is 355. The Hall–Kier alpha value is -1.52. The van der Waals surface area contributed by atoms with Crippen molar-refractivity contribution in [3.63, 3.8) is 0 Å². The molecule has 0 aromatic carbocycles. The zero-order chi connectivity index (χ0) is 11.4. The molecule has 0 saturated heterocycles. The van der Waals surface area contributed by atoms with Crippen molar-refractivity contribution in [1.29, 1.82) is 0 Å². The first-order valence-electron chi connectivity index (χ1n) is 4.46. The van der Waals surface area contributed by atoms with Gasteiger partial charge in [0.2, 0.25) is 0 Å². The maximum Gasteiger partial charge on any atom is 0.303 e. The summed E-state index contributed by atoms with van der Waals surface area (Å²) in [5, 5.41) is 8.56. The average molecular weight is 215 g/mol. The molecule has 1 N–H and O–H groups in total. The fourth-order valence-electron chi connectivity index (χ4n) is 1.27. The van der Waals surface area contributed by atoms with E-state index in [0.29, 0.717) is 5.56 Å². The summed E-state index contributed by atoms with van der Waals surface area (Å²) in [6.45, 7) is 1.68. The molecule has 82 valence electrons. The number of pyridine rings is 1. The minimum atomic E-state index is -2.62. The van der Waals surface area contributed by atoms with Crippen LogP contribution in [-0.4, -0.2) is 16.1 Å². The molecule has 15 heavy (non-hydrogen) atoms. The molecule has 1 aromatic rings. The van der Waals surface area contributed by atoms with E-state index in [4.69, 9.17) is 5.11 Å². The molecular weight excluding hydrogens is 204 g/mol. The molecule has 0 aliphatic carbocycles. The molecule has 0 bridgehead atoms. The smallest absolute Gasteiger partial charge is 0.303 e. The number of nitrogens with zero attached hydrogens (tertiary/aromatic N) is 1. The lowest BCUT2D eigenvalue weighted by molar-refractivity contribution is -0.137. The Labute approximate surface area is 85.8 Å². The van der Waals surface area contributed by atoms with E-state index in [0.717, 1.165) is 0 Å². The van der Waals surface area contributed by atoms with Gasteiger partial charge in [0.25, 0.3) is 6.43 Å². The van der Waals surface area contributed by atoms with Gasteiger partial charge in [-0.2, -0.15) is 0 Å². The predicted molar refractivity (Wildman–Crippen MR) is 49.9 cm³/mol. The highest BCUT2D eigenvalue weighted by Gasteiger charge is 2.14. The van der Waals surface area contributed by atoms with Crippen molar-refractivity contribution in [2.45, 2.75) is 25.7 Å². The van der Waals surface area contributed by atoms with Crippen molar-refractivity contribution >= 4 is 5.97 Å². The standard InChI is InChI=1S/C10H11F2NO2/c1-6(4-9(14)15)7-2-3-13-8(5-7)10(11)12/h2-3,5-6,10H,4H2,1H3,(H,14,15). The minimum Gasteiger partial charge on any atom is -0.481 e. The summed E-state index contributed by atoms with van der Waals surface area (Å²) in [6, 6.07) is 2.80. The van der Waals surface area contributed by atoms with Crippen molar-refractivity contribution in [2.24, 2.45) is 0 Å². The third-order valence-corrected chi connectivity index (χ3v) is 2.08. The van der Waals surface area contributed by atoms with Gasteiger partial charge in [-0.05, 0) is 23.6 Å². The van der Waals surface area contributed by atoms with Crippen LogP contribution < -0.4 is 0 Å². The van der Waals surface area contributed by atoms with E-state index in [-0.39, 0.29) is 18.0 Å². The van der Waals surface area contributed by atoms with E-state index in [1.807, 2.05) is 0 Å². The molecule has 0 spiro atoms. The van der Waals surface area contributed by atoms with Gasteiger partial charge >= 0.3 is 5.97 Å². The summed E-state index contributed by atoms with van der Waals surface area (Å²) in [4.78, 5) is 13.9. The highest BCUT2D eigenvalue weighted by molar-refractivity contribution is 5.67. The maximum atomic E-state index is 12.3. The summed E-state index contributed by atoms with van der Waals surface area (Å²) in [5.41, 5.74) is 0.257. The Balaban J connectivity index is 2.85. The first-order valence-corrected chi connectivity index (χ1v) is 4.46. The number of aliphatic carboxylic acids is 1. The normalized spacial score (nSPS) is 12.8. The van der Waals surface area contributed by atoms with Crippen LogP contribution in [-0.2, 0) is 4.79 Å². The van der Waals surface area contributed by atoms with Gasteiger partial charge in [0.05, 0.1) is 6.42 Å². The number of carbonyl (C=O) groups is 1. The van der Waals surface area contributed by atoms with Gasteiger partial charge in [0.1, 0.15) is 5.69 Å². The highest BCUT2D eigenvalue weighted by atomic mass is 19.3. The van der Waals surface area contributed by atoms with Gasteiger partial charge in [-0.3, -0.25) is 9.78 Å². The molecule has 0 aliphatic heterocycles. The van der Waals surface area contributed by atoms with Crippen LogP contribution in [0.4, 0.5) is 8.78 Å². The van der Waals surface area contributed by atoms with E-state index in [1.165, 1.54) is 12.3 Å². The van der Waals surface area contributed by atoms with Crippen LogP contribution >= 0.6 is 0 Å². The Kier molecular flexibility index (Phi) is 3.71. The quantitative estimate of drug-likeness (QED) is 0.839. The predicted octanol–water partition coefficient (Wildman–Crippen LogP) is 2.60. The zero-order valence-electron chi connectivity index (χ0n) is 8.15. The summed E-state index contributed by atoms with van der Waals surface area (Å²) < 4.78 is 24.6. The van der Waals surface area contributed by atoms with E-state index < -0.39 is 12.4 Å². The van der Waals surface area contributed by atoms with Crippen LogP contribution in [0.3, 0.4) is 0 Å². The number of rotatable bonds is 4. The largest absolute Gasteiger partial charge is 0.481 e. The van der Waals surface area contributed by atoms with Crippen LogP contribution in [0.5, 0.6) is 0 Å². The number of hydrogen-bond donors (Lipinski definition) is 1. The highest BCUT2D eigenvalue weighted by Crippen LogP contribution is 2.23. The van der Waals surface area contributed by atoms with E-state index >= 15 is 0 Å². The molecule has 5 heteroatoms. The van der Waals surface area contributed by atoms with Gasteiger partial charge < -0.3 is 5.11 Å². The Morgan fingerprint density at radius 1 is 1.60 bits per heavy atom. The first-order chi connectivity index (χ1) is 7.00. The summed E-state index contributed by atoms with van der Waals surface area (Å²) in [7, 11) is 0. The second-order valence-corrected chi connectivity index (χ2v) is 3.31. The molecule has 1 rings (SSSR count). The van der Waals surface area contributed by atoms with Crippen molar-refractivity contribution in [1.82, 2.24) is 4.98 Å². The lowest BCUT2D eigenvalue weighted by atomic mass is 9.98. The van der Waals surface area contributed by atoms with E-state index in [9.17, 15) is 13.6 Å². The monoisotopic (exact) mass is 215 g/mol. The fraction of sp³-hybridized carbons (Fsp3) is 0.400. The molecule has 3 nitrogen and oxygen atoms in total. The van der Waals surface area contributed by atoms with Gasteiger partial charge in [-0.1, -0.05) is 6.92 Å². The van der Waals surface area contributed by atoms with Crippen LogP contribution in [0, 0.1) is 0 Å². The van der Waals surface area contributed by atoms with Gasteiger partial charge in [-0.15, -0.1) is 0 Å². The number of aromatic nitrogens is 1. The third-order valence-electron chi connectivity index (χ3n) is 2.08. The molecule has 1 unspecified atom stereocenters. The van der Waals surface area contributed by atoms with Gasteiger partial charge in [0, 0.05) is 6.20 Å². The second-order valence-electron chi connectivity index (χ2n) is 3.31. The molecule has 1 aromatic heterocycles. The topological polar surface area (TPSA) is 50.2 Å². The van der Waals surface area contributed by atoms with Crippen molar-refractivity contribution < 1.29 is 18.7 Å². The van der Waals surface area contributed by atoms with Crippen molar-refractivity contribution in [3.05, 3.63) is 29.6 Å². The van der Waals surface area contributed by atoms with Crippen LogP contribution in [0.1, 0.15) is 36.9 Å². The number of carboxylic acid groups (broad SMARTS) is 1. The number of carboxylic acids is 1. The molecule has 0 saturated carbocycles. The molecule has 0 aliphatic rings. The number of halogens is 2. The summed E-state index contributed by atoms with van der Waals surface area (Å²) in [6.07, 6.45) is -1.43. The first kappa shape index (κ1) is 11.6. The zero-order valence-corrected chi connectivity index (χ0v) is 8.15. The average Bonchev–Trinajstić information content (AvgIpc) is 2.17. The maximum absolute atomic E-state index is 12.3. The molecule has 0 amide bonds. The molecule has 0 fully saturated rings. The van der Waals surface area contributed by atoms with Crippen molar-refractivity contribution in [2.75, 3.05) is 0 Å². The van der Waals surface area contributed by atoms with Crippen LogP contribution in [0.15, 0.2) is 18.3 Å². The van der Waals surface area contributed by atoms with Crippen molar-refractivity contribution in [3.8, 4) is 0 Å². The van der Waals surface area contributed by atoms with E-state index in [2.05, 4.69) is 4.98 Å². The lowest BCUT2D eigenvalue weighted by Gasteiger charge is -2.09. The van der Waals surface area contributed by atoms with E-state index in [1.54, 1.807) is 13.0 Å². The Morgan fingerprint density at radius 3 is 2.80 bits per heavy atom. The lowest BCUT2D eigenvalue weighted by Crippen LogP contribution is -2.04. The van der Waals surface area contributed by atoms with Gasteiger partial charge in [0.15, 0.2) is 0 Å². The molecule has 1 atom stereocenters. The molecule has 1 heterocycles. The number of alkyl halides is 2. The third kappa shape index (κ3) is 3.27. The van der Waals surface area contributed by atoms with Crippen LogP contribution in [0.2, 0.25) is 0 Å².